The van der Waals surface area contributed by atoms with E-state index in [-0.39, 0.29) is 29.3 Å². The number of nitrogens with zero attached hydrogens (tertiary/aromatic N) is 2. The molecular weight excluding hydrogens is 328 g/mol. The molecule has 2 aliphatic rings. The van der Waals surface area contributed by atoms with Gasteiger partial charge in [0.2, 0.25) is 5.91 Å². The third-order valence-corrected chi connectivity index (χ3v) is 5.71. The lowest BCUT2D eigenvalue weighted by Gasteiger charge is -2.44. The average Bonchev–Trinajstić information content (AvgIpc) is 2.64. The van der Waals surface area contributed by atoms with Gasteiger partial charge in [0.15, 0.2) is 0 Å². The molecule has 2 aliphatic heterocycles. The first-order valence-electron chi connectivity index (χ1n) is 9.52. The number of urea groups is 1. The Kier molecular flexibility index (Phi) is 5.51. The molecule has 142 valence electrons. The molecule has 6 heteroatoms. The molecule has 0 aliphatic carbocycles. The fraction of sp³-hybridized carbons (Fsp3) is 0.600. The number of carbonyl (C=O) groups excluding carboxylic acids is 2. The summed E-state index contributed by atoms with van der Waals surface area (Å²) >= 11 is 0. The Morgan fingerprint density at radius 3 is 2.54 bits per heavy atom. The van der Waals surface area contributed by atoms with Crippen molar-refractivity contribution in [1.29, 1.82) is 0 Å². The highest BCUT2D eigenvalue weighted by molar-refractivity contribution is 5.90. The minimum atomic E-state index is -0.130. The molecule has 1 aromatic rings. The van der Waals surface area contributed by atoms with Gasteiger partial charge in [-0.05, 0) is 36.8 Å². The second-order valence-electron chi connectivity index (χ2n) is 8.22. The summed E-state index contributed by atoms with van der Waals surface area (Å²) in [5, 5.41) is 2.92. The van der Waals surface area contributed by atoms with Crippen molar-refractivity contribution in [2.75, 3.05) is 31.5 Å². The SMILES string of the molecule is CC1(C)CN(C(=O)C2CCCN(C(=O)Nc3ccccc3)C2)CCC1N. The molecule has 2 saturated heterocycles. The van der Waals surface area contributed by atoms with Gasteiger partial charge >= 0.3 is 6.03 Å². The highest BCUT2D eigenvalue weighted by Crippen LogP contribution is 2.30. The summed E-state index contributed by atoms with van der Waals surface area (Å²) in [5.74, 6) is 0.0533. The summed E-state index contributed by atoms with van der Waals surface area (Å²) in [6, 6.07) is 9.42. The third-order valence-electron chi connectivity index (χ3n) is 5.71. The van der Waals surface area contributed by atoms with Gasteiger partial charge in [0, 0.05) is 37.9 Å². The predicted molar refractivity (Wildman–Crippen MR) is 103 cm³/mol. The van der Waals surface area contributed by atoms with Crippen LogP contribution in [0.3, 0.4) is 0 Å². The van der Waals surface area contributed by atoms with Crippen LogP contribution in [-0.4, -0.2) is 54.0 Å². The first-order chi connectivity index (χ1) is 12.4. The van der Waals surface area contributed by atoms with Crippen LogP contribution in [0.15, 0.2) is 30.3 Å². The van der Waals surface area contributed by atoms with E-state index in [1.165, 1.54) is 0 Å². The van der Waals surface area contributed by atoms with Crippen molar-refractivity contribution in [2.24, 2.45) is 17.1 Å². The molecule has 6 nitrogen and oxygen atoms in total. The lowest BCUT2D eigenvalue weighted by atomic mass is 9.79. The summed E-state index contributed by atoms with van der Waals surface area (Å²) in [7, 11) is 0. The van der Waals surface area contributed by atoms with Gasteiger partial charge < -0.3 is 20.9 Å². The third kappa shape index (κ3) is 4.18. The van der Waals surface area contributed by atoms with Crippen molar-refractivity contribution in [1.82, 2.24) is 9.80 Å². The molecule has 2 heterocycles. The van der Waals surface area contributed by atoms with Crippen molar-refractivity contribution >= 4 is 17.6 Å². The predicted octanol–water partition coefficient (Wildman–Crippen LogP) is 2.52. The van der Waals surface area contributed by atoms with Gasteiger partial charge in [-0.2, -0.15) is 0 Å². The van der Waals surface area contributed by atoms with Gasteiger partial charge in [-0.15, -0.1) is 0 Å². The number of nitrogens with one attached hydrogen (secondary N) is 1. The quantitative estimate of drug-likeness (QED) is 0.853. The molecule has 0 aromatic heterocycles. The van der Waals surface area contributed by atoms with Crippen LogP contribution in [0.4, 0.5) is 10.5 Å². The summed E-state index contributed by atoms with van der Waals surface area (Å²) in [5.41, 5.74) is 6.90. The Balaban J connectivity index is 1.59. The molecule has 2 fully saturated rings. The standard InChI is InChI=1S/C20H30N4O2/c1-20(2)14-24(12-10-17(20)21)18(25)15-7-6-11-23(13-15)19(26)22-16-8-4-3-5-9-16/h3-5,8-9,15,17H,6-7,10-14,21H2,1-2H3,(H,22,26). The normalized spacial score (nSPS) is 25.7. The van der Waals surface area contributed by atoms with Crippen LogP contribution in [0.25, 0.3) is 0 Å². The zero-order chi connectivity index (χ0) is 18.7. The monoisotopic (exact) mass is 358 g/mol. The average molecular weight is 358 g/mol. The number of anilines is 1. The zero-order valence-electron chi connectivity index (χ0n) is 15.8. The Hall–Kier alpha value is -2.08. The summed E-state index contributed by atoms with van der Waals surface area (Å²) in [4.78, 5) is 29.2. The number of likely N-dealkylation sites (tertiary alicyclic amines) is 2. The molecule has 26 heavy (non-hydrogen) atoms. The summed E-state index contributed by atoms with van der Waals surface area (Å²) in [6.07, 6.45) is 2.54. The molecule has 1 aromatic carbocycles. The maximum Gasteiger partial charge on any atom is 0.321 e. The van der Waals surface area contributed by atoms with E-state index in [2.05, 4.69) is 19.2 Å². The highest BCUT2D eigenvalue weighted by Gasteiger charge is 2.38. The second-order valence-corrected chi connectivity index (χ2v) is 8.22. The number of carbonyl (C=O) groups is 2. The number of para-hydroxylation sites is 1. The zero-order valence-corrected chi connectivity index (χ0v) is 15.8. The minimum Gasteiger partial charge on any atom is -0.342 e. The fourth-order valence-electron chi connectivity index (χ4n) is 3.91. The van der Waals surface area contributed by atoms with Crippen LogP contribution in [0.5, 0.6) is 0 Å². The molecule has 2 unspecified atom stereocenters. The Morgan fingerprint density at radius 1 is 1.12 bits per heavy atom. The number of hydrogen-bond acceptors (Lipinski definition) is 3. The van der Waals surface area contributed by atoms with Crippen LogP contribution in [0, 0.1) is 11.3 Å². The smallest absolute Gasteiger partial charge is 0.321 e. The van der Waals surface area contributed by atoms with Crippen LogP contribution in [0.1, 0.15) is 33.1 Å². The summed E-state index contributed by atoms with van der Waals surface area (Å²) in [6.45, 7) is 6.84. The minimum absolute atomic E-state index is 0.0626. The topological polar surface area (TPSA) is 78.7 Å². The Morgan fingerprint density at radius 2 is 1.85 bits per heavy atom. The van der Waals surface area contributed by atoms with E-state index in [9.17, 15) is 9.59 Å². The van der Waals surface area contributed by atoms with Gasteiger partial charge in [-0.1, -0.05) is 32.0 Å². The highest BCUT2D eigenvalue weighted by atomic mass is 16.2. The van der Waals surface area contributed by atoms with E-state index in [1.807, 2.05) is 35.2 Å². The van der Waals surface area contributed by atoms with E-state index in [4.69, 9.17) is 5.73 Å². The van der Waals surface area contributed by atoms with Gasteiger partial charge in [0.05, 0.1) is 5.92 Å². The van der Waals surface area contributed by atoms with Crippen LogP contribution in [-0.2, 0) is 4.79 Å². The number of rotatable bonds is 2. The largest absolute Gasteiger partial charge is 0.342 e. The van der Waals surface area contributed by atoms with Crippen molar-refractivity contribution in [2.45, 2.75) is 39.2 Å². The van der Waals surface area contributed by atoms with Crippen molar-refractivity contribution < 1.29 is 9.59 Å². The molecular formula is C20H30N4O2. The molecule has 3 rings (SSSR count). The van der Waals surface area contributed by atoms with Gasteiger partial charge in [0.25, 0.3) is 0 Å². The van der Waals surface area contributed by atoms with Crippen LogP contribution >= 0.6 is 0 Å². The molecule has 0 radical (unpaired) electrons. The first kappa shape index (κ1) is 18.7. The number of piperidine rings is 2. The van der Waals surface area contributed by atoms with Gasteiger partial charge in [-0.3, -0.25) is 4.79 Å². The number of benzene rings is 1. The Bertz CT molecular complexity index is 646. The van der Waals surface area contributed by atoms with Gasteiger partial charge in [-0.25, -0.2) is 4.79 Å². The lowest BCUT2D eigenvalue weighted by molar-refractivity contribution is -0.140. The van der Waals surface area contributed by atoms with E-state index in [0.29, 0.717) is 19.6 Å². The Labute approximate surface area is 155 Å². The van der Waals surface area contributed by atoms with Crippen molar-refractivity contribution in [3.05, 3.63) is 30.3 Å². The van der Waals surface area contributed by atoms with Crippen molar-refractivity contribution in [3.63, 3.8) is 0 Å². The molecule has 3 amide bonds. The van der Waals surface area contributed by atoms with E-state index in [1.54, 1.807) is 4.90 Å². The number of amides is 3. The summed E-state index contributed by atoms with van der Waals surface area (Å²) < 4.78 is 0. The van der Waals surface area contributed by atoms with Crippen LogP contribution in [0.2, 0.25) is 0 Å². The maximum atomic E-state index is 13.0. The first-order valence-corrected chi connectivity index (χ1v) is 9.52. The number of hydrogen-bond donors (Lipinski definition) is 2. The molecule has 0 saturated carbocycles. The fourth-order valence-corrected chi connectivity index (χ4v) is 3.91. The second kappa shape index (κ2) is 7.66. The van der Waals surface area contributed by atoms with E-state index < -0.39 is 0 Å². The van der Waals surface area contributed by atoms with E-state index >= 15 is 0 Å². The maximum absolute atomic E-state index is 13.0. The molecule has 3 N–H and O–H groups in total. The molecule has 0 spiro atoms. The lowest BCUT2D eigenvalue weighted by Crippen LogP contribution is -2.56. The van der Waals surface area contributed by atoms with E-state index in [0.717, 1.165) is 31.5 Å². The molecule has 0 bridgehead atoms. The number of nitrogens with two attached hydrogens (primary N) is 1. The van der Waals surface area contributed by atoms with Crippen LogP contribution < -0.4 is 11.1 Å². The van der Waals surface area contributed by atoms with Gasteiger partial charge in [0.1, 0.15) is 0 Å². The molecule has 2 atom stereocenters. The van der Waals surface area contributed by atoms with Crippen molar-refractivity contribution in [3.8, 4) is 0 Å².